The summed E-state index contributed by atoms with van der Waals surface area (Å²) in [6.45, 7) is 2.21. The Morgan fingerprint density at radius 1 is 1.00 bits per heavy atom. The van der Waals surface area contributed by atoms with Crippen LogP contribution in [-0.2, 0) is 19.6 Å². The first-order valence-electron chi connectivity index (χ1n) is 12.6. The van der Waals surface area contributed by atoms with Gasteiger partial charge >= 0.3 is 5.69 Å². The van der Waals surface area contributed by atoms with Crippen LogP contribution in [0.4, 0.5) is 9.52 Å². The predicted molar refractivity (Wildman–Crippen MR) is 166 cm³/mol. The van der Waals surface area contributed by atoms with Gasteiger partial charge in [-0.1, -0.05) is 66.7 Å². The van der Waals surface area contributed by atoms with Crippen molar-refractivity contribution in [3.63, 3.8) is 0 Å². The first-order valence-corrected chi connectivity index (χ1v) is 14.6. The van der Waals surface area contributed by atoms with Gasteiger partial charge in [0, 0.05) is 32.8 Å². The zero-order valence-electron chi connectivity index (χ0n) is 21.7. The lowest BCUT2D eigenvalue weighted by molar-refractivity contribution is 0.503. The van der Waals surface area contributed by atoms with Gasteiger partial charge in [-0.25, -0.2) is 14.2 Å². The van der Waals surface area contributed by atoms with Crippen molar-refractivity contribution in [1.82, 2.24) is 14.1 Å². The summed E-state index contributed by atoms with van der Waals surface area (Å²) in [5.41, 5.74) is 8.84. The van der Waals surface area contributed by atoms with E-state index in [2.05, 4.69) is 32.9 Å². The summed E-state index contributed by atoms with van der Waals surface area (Å²) in [7, 11) is 0. The summed E-state index contributed by atoms with van der Waals surface area (Å²) in [6.07, 6.45) is 0. The second-order valence-electron chi connectivity index (χ2n) is 9.34. The number of thiazole rings is 1. The van der Waals surface area contributed by atoms with Crippen LogP contribution in [0.25, 0.3) is 11.3 Å². The monoisotopic (exact) mass is 667 g/mol. The van der Waals surface area contributed by atoms with Crippen LogP contribution in [0.15, 0.2) is 93.8 Å². The molecule has 0 saturated carbocycles. The lowest BCUT2D eigenvalue weighted by Gasteiger charge is -2.19. The Hall–Kier alpha value is -3.61. The molecule has 3 N–H and O–H groups in total. The average Bonchev–Trinajstić information content (AvgIpc) is 3.43. The third-order valence-electron chi connectivity index (χ3n) is 6.72. The van der Waals surface area contributed by atoms with Gasteiger partial charge in [0.2, 0.25) is 0 Å². The molecule has 0 fully saturated rings. The topological polar surface area (TPSA) is 94.9 Å². The van der Waals surface area contributed by atoms with Crippen LogP contribution in [-0.4, -0.2) is 14.1 Å². The summed E-state index contributed by atoms with van der Waals surface area (Å²) in [6, 6.07) is 23.4. The molecule has 0 aliphatic rings. The standard InChI is InChI=1S/C30H27FIN5O2S/c1-19-27(26-18-40-29(35-26)34-15-20-9-4-2-5-10-20)28(38)37(17-25(33)21-11-6-3-7-12-21)30(39)36(19)16-22-23(31)13-8-14-24(22)32/h2-14,18,25H,15-17,33H2,1H3,(H,34,35)/t25-/m0/s1. The molecule has 5 aromatic rings. The first-order chi connectivity index (χ1) is 19.3. The van der Waals surface area contributed by atoms with Gasteiger partial charge in [-0.15, -0.1) is 11.3 Å². The van der Waals surface area contributed by atoms with Crippen molar-refractivity contribution in [2.45, 2.75) is 32.6 Å². The molecule has 1 atom stereocenters. The number of hydrogen-bond acceptors (Lipinski definition) is 6. The van der Waals surface area contributed by atoms with Crippen LogP contribution in [0.2, 0.25) is 0 Å². The largest absolute Gasteiger partial charge is 0.357 e. The van der Waals surface area contributed by atoms with Crippen LogP contribution < -0.4 is 22.3 Å². The molecular formula is C30H27FIN5O2S. The SMILES string of the molecule is Cc1c(-c2csc(NCc3ccccc3)n2)c(=O)n(C[C@H](N)c2ccccc2)c(=O)n1Cc1c(F)cccc1I. The van der Waals surface area contributed by atoms with Crippen molar-refractivity contribution < 1.29 is 4.39 Å². The predicted octanol–water partition coefficient (Wildman–Crippen LogP) is 5.55. The van der Waals surface area contributed by atoms with Gasteiger partial charge in [-0.05, 0) is 52.8 Å². The van der Waals surface area contributed by atoms with E-state index < -0.39 is 23.1 Å². The molecule has 2 heterocycles. The van der Waals surface area contributed by atoms with Gasteiger partial charge < -0.3 is 11.1 Å². The number of aromatic nitrogens is 3. The zero-order chi connectivity index (χ0) is 28.2. The summed E-state index contributed by atoms with van der Waals surface area (Å²) < 4.78 is 18.1. The number of nitrogens with zero attached hydrogens (tertiary/aromatic N) is 3. The molecule has 0 saturated heterocycles. The van der Waals surface area contributed by atoms with Gasteiger partial charge in [0.15, 0.2) is 5.13 Å². The molecule has 0 radical (unpaired) electrons. The van der Waals surface area contributed by atoms with E-state index in [4.69, 9.17) is 5.73 Å². The van der Waals surface area contributed by atoms with Gasteiger partial charge in [-0.2, -0.15) is 0 Å². The number of benzene rings is 3. The molecule has 2 aromatic heterocycles. The van der Waals surface area contributed by atoms with E-state index in [0.29, 0.717) is 32.2 Å². The second kappa shape index (κ2) is 12.3. The lowest BCUT2D eigenvalue weighted by atomic mass is 10.1. The molecule has 0 amide bonds. The van der Waals surface area contributed by atoms with Crippen LogP contribution >= 0.6 is 33.9 Å². The number of hydrogen-bond donors (Lipinski definition) is 2. The molecule has 0 spiro atoms. The van der Waals surface area contributed by atoms with Crippen LogP contribution in [0.3, 0.4) is 0 Å². The van der Waals surface area contributed by atoms with Crippen LogP contribution in [0, 0.1) is 16.3 Å². The zero-order valence-corrected chi connectivity index (χ0v) is 24.7. The molecule has 7 nitrogen and oxygen atoms in total. The fourth-order valence-electron chi connectivity index (χ4n) is 4.53. The number of halogens is 2. The van der Waals surface area contributed by atoms with Crippen molar-refractivity contribution >= 4 is 39.1 Å². The van der Waals surface area contributed by atoms with Crippen molar-refractivity contribution in [2.24, 2.45) is 5.73 Å². The fraction of sp³-hybridized carbons (Fsp3) is 0.167. The van der Waals surface area contributed by atoms with Gasteiger partial charge in [0.05, 0.1) is 24.3 Å². The van der Waals surface area contributed by atoms with E-state index in [1.165, 1.54) is 22.0 Å². The molecule has 5 rings (SSSR count). The highest BCUT2D eigenvalue weighted by Crippen LogP contribution is 2.26. The van der Waals surface area contributed by atoms with Gasteiger partial charge in [0.25, 0.3) is 5.56 Å². The molecule has 3 aromatic carbocycles. The minimum absolute atomic E-state index is 0.0350. The maximum Gasteiger partial charge on any atom is 0.331 e. The highest BCUT2D eigenvalue weighted by Gasteiger charge is 2.23. The smallest absolute Gasteiger partial charge is 0.331 e. The summed E-state index contributed by atoms with van der Waals surface area (Å²) in [5, 5.41) is 5.74. The lowest BCUT2D eigenvalue weighted by Crippen LogP contribution is -2.44. The van der Waals surface area contributed by atoms with Crippen LogP contribution in [0.5, 0.6) is 0 Å². The molecular weight excluding hydrogens is 640 g/mol. The van der Waals surface area contributed by atoms with Crippen molar-refractivity contribution in [2.75, 3.05) is 5.32 Å². The Labute approximate surface area is 248 Å². The highest BCUT2D eigenvalue weighted by atomic mass is 127. The number of rotatable bonds is 9. The quantitative estimate of drug-likeness (QED) is 0.201. The molecule has 0 aliphatic heterocycles. The maximum absolute atomic E-state index is 14.8. The summed E-state index contributed by atoms with van der Waals surface area (Å²) in [5.74, 6) is -0.417. The van der Waals surface area contributed by atoms with Crippen LogP contribution in [0.1, 0.15) is 28.4 Å². The normalized spacial score (nSPS) is 11.9. The molecule has 0 unspecified atom stereocenters. The van der Waals surface area contributed by atoms with Crippen molar-refractivity contribution in [3.05, 3.63) is 137 Å². The molecule has 0 bridgehead atoms. The minimum Gasteiger partial charge on any atom is -0.357 e. The minimum atomic E-state index is -0.595. The third-order valence-corrected chi connectivity index (χ3v) is 8.53. The van der Waals surface area contributed by atoms with E-state index in [-0.39, 0.29) is 18.7 Å². The molecule has 10 heteroatoms. The molecule has 40 heavy (non-hydrogen) atoms. The van der Waals surface area contributed by atoms with E-state index in [9.17, 15) is 14.0 Å². The highest BCUT2D eigenvalue weighted by molar-refractivity contribution is 14.1. The average molecular weight is 668 g/mol. The summed E-state index contributed by atoms with van der Waals surface area (Å²) in [4.78, 5) is 32.3. The number of nitrogens with two attached hydrogens (primary N) is 1. The Balaban J connectivity index is 1.58. The van der Waals surface area contributed by atoms with E-state index >= 15 is 0 Å². The van der Waals surface area contributed by atoms with E-state index in [1.807, 2.05) is 60.7 Å². The third kappa shape index (κ3) is 5.93. The Morgan fingerprint density at radius 3 is 2.40 bits per heavy atom. The molecule has 204 valence electrons. The first kappa shape index (κ1) is 27.9. The Morgan fingerprint density at radius 2 is 1.70 bits per heavy atom. The molecule has 0 aliphatic carbocycles. The van der Waals surface area contributed by atoms with Crippen molar-refractivity contribution in [3.8, 4) is 11.3 Å². The number of nitrogens with one attached hydrogen (secondary N) is 1. The summed E-state index contributed by atoms with van der Waals surface area (Å²) >= 11 is 3.43. The Bertz CT molecular complexity index is 1730. The van der Waals surface area contributed by atoms with E-state index in [0.717, 1.165) is 15.7 Å². The van der Waals surface area contributed by atoms with E-state index in [1.54, 1.807) is 24.4 Å². The number of anilines is 1. The van der Waals surface area contributed by atoms with Gasteiger partial charge in [0.1, 0.15) is 5.82 Å². The maximum atomic E-state index is 14.8. The second-order valence-corrected chi connectivity index (χ2v) is 11.4. The Kier molecular flexibility index (Phi) is 8.57. The fourth-order valence-corrected chi connectivity index (χ4v) is 5.87. The van der Waals surface area contributed by atoms with Gasteiger partial charge in [-0.3, -0.25) is 13.9 Å². The van der Waals surface area contributed by atoms with Crippen molar-refractivity contribution in [1.29, 1.82) is 0 Å².